The van der Waals surface area contributed by atoms with Crippen LogP contribution in [0.2, 0.25) is 0 Å². The molecule has 0 saturated carbocycles. The monoisotopic (exact) mass is 301 g/mol. The number of halogens is 3. The van der Waals surface area contributed by atoms with E-state index in [1.165, 1.54) is 16.7 Å². The molecule has 0 aromatic carbocycles. The van der Waals surface area contributed by atoms with Gasteiger partial charge in [-0.1, -0.05) is 0 Å². The lowest BCUT2D eigenvalue weighted by Gasteiger charge is -2.10. The summed E-state index contributed by atoms with van der Waals surface area (Å²) >= 11 is 1.20. The summed E-state index contributed by atoms with van der Waals surface area (Å²) in [4.78, 5) is 19.7. The molecule has 20 heavy (non-hydrogen) atoms. The van der Waals surface area contributed by atoms with E-state index in [1.807, 2.05) is 0 Å². The minimum absolute atomic E-state index is 0.0167. The Balaban J connectivity index is 2.38. The lowest BCUT2D eigenvalue weighted by Crippen LogP contribution is -2.14. The third kappa shape index (κ3) is 3.02. The summed E-state index contributed by atoms with van der Waals surface area (Å²) in [5.74, 6) is -0.787. The lowest BCUT2D eigenvalue weighted by molar-refractivity contribution is -0.137. The molecule has 0 amide bonds. The van der Waals surface area contributed by atoms with Crippen LogP contribution in [0.1, 0.15) is 26.6 Å². The van der Waals surface area contributed by atoms with E-state index < -0.39 is 23.1 Å². The molecule has 8 heteroatoms. The molecule has 2 aromatic heterocycles. The maximum atomic E-state index is 12.8. The van der Waals surface area contributed by atoms with Crippen LogP contribution in [0.15, 0.2) is 23.8 Å². The Morgan fingerprint density at radius 2 is 2.15 bits per heavy atom. The number of rotatable bonds is 4. The fraction of sp³-hybridized carbons (Fsp3) is 0.250. The summed E-state index contributed by atoms with van der Waals surface area (Å²) in [6, 6.07) is 0.778. The number of nitrogens with zero attached hydrogens (tertiary/aromatic N) is 2. The average molecular weight is 301 g/mol. The molecule has 0 aliphatic heterocycles. The van der Waals surface area contributed by atoms with Gasteiger partial charge in [0.25, 0.3) is 0 Å². The van der Waals surface area contributed by atoms with Gasteiger partial charge in [-0.3, -0.25) is 9.78 Å². The Morgan fingerprint density at radius 3 is 2.80 bits per heavy atom. The van der Waals surface area contributed by atoms with Crippen LogP contribution in [-0.4, -0.2) is 22.3 Å². The smallest absolute Gasteiger partial charge is 0.330 e. The fourth-order valence-electron chi connectivity index (χ4n) is 1.61. The van der Waals surface area contributed by atoms with Gasteiger partial charge in [-0.2, -0.15) is 13.2 Å². The van der Waals surface area contributed by atoms with E-state index in [2.05, 4.69) is 9.97 Å². The summed E-state index contributed by atoms with van der Waals surface area (Å²) in [6.07, 6.45) is -2.21. The minimum atomic E-state index is -4.61. The number of ketones is 1. The molecule has 0 unspecified atom stereocenters. The first kappa shape index (κ1) is 14.6. The number of aromatic nitrogens is 2. The molecule has 0 spiro atoms. The van der Waals surface area contributed by atoms with E-state index in [9.17, 15) is 18.0 Å². The van der Waals surface area contributed by atoms with E-state index in [1.54, 1.807) is 0 Å². The average Bonchev–Trinajstić information content (AvgIpc) is 2.86. The third-order valence-electron chi connectivity index (χ3n) is 2.51. The summed E-state index contributed by atoms with van der Waals surface area (Å²) in [5, 5.41) is 2.05. The van der Waals surface area contributed by atoms with Gasteiger partial charge in [-0.05, 0) is 12.6 Å². The number of alkyl halides is 3. The molecular formula is C12H10F3N3OS. The molecule has 0 fully saturated rings. The first-order valence-electron chi connectivity index (χ1n) is 5.64. The van der Waals surface area contributed by atoms with Crippen LogP contribution in [0.5, 0.6) is 0 Å². The number of pyridine rings is 1. The predicted octanol–water partition coefficient (Wildman–Crippen LogP) is 2.29. The van der Waals surface area contributed by atoms with Gasteiger partial charge in [0.15, 0.2) is 0 Å². The second-order valence-electron chi connectivity index (χ2n) is 3.91. The number of carbonyl (C=O) groups is 1. The number of carbonyl (C=O) groups excluding carboxylic acids is 1. The molecule has 106 valence electrons. The molecule has 2 aromatic rings. The molecule has 0 aliphatic rings. The van der Waals surface area contributed by atoms with Crippen LogP contribution < -0.4 is 5.73 Å². The summed E-state index contributed by atoms with van der Waals surface area (Å²) in [5.41, 5.74) is 3.84. The van der Waals surface area contributed by atoms with Gasteiger partial charge >= 0.3 is 6.18 Å². The van der Waals surface area contributed by atoms with Gasteiger partial charge in [0, 0.05) is 24.2 Å². The molecule has 0 radical (unpaired) electrons. The molecule has 0 bridgehead atoms. The SMILES string of the molecule is NCCc1nc(C(=O)c2cnccc2C(F)(F)F)cs1. The Kier molecular flexibility index (Phi) is 4.15. The minimum Gasteiger partial charge on any atom is -0.330 e. The molecular weight excluding hydrogens is 291 g/mol. The highest BCUT2D eigenvalue weighted by Crippen LogP contribution is 2.32. The van der Waals surface area contributed by atoms with Crippen molar-refractivity contribution in [3.05, 3.63) is 45.7 Å². The number of nitrogens with two attached hydrogens (primary N) is 1. The zero-order chi connectivity index (χ0) is 14.8. The van der Waals surface area contributed by atoms with Crippen molar-refractivity contribution in [3.63, 3.8) is 0 Å². The summed E-state index contributed by atoms with van der Waals surface area (Å²) in [7, 11) is 0. The van der Waals surface area contributed by atoms with E-state index in [0.29, 0.717) is 18.0 Å². The number of hydrogen-bond donors (Lipinski definition) is 1. The van der Waals surface area contributed by atoms with Crippen molar-refractivity contribution >= 4 is 17.1 Å². The van der Waals surface area contributed by atoms with Crippen molar-refractivity contribution in [2.45, 2.75) is 12.6 Å². The van der Waals surface area contributed by atoms with Crippen molar-refractivity contribution in [2.75, 3.05) is 6.54 Å². The van der Waals surface area contributed by atoms with Crippen molar-refractivity contribution in [1.82, 2.24) is 9.97 Å². The first-order valence-corrected chi connectivity index (χ1v) is 6.52. The Morgan fingerprint density at radius 1 is 1.40 bits per heavy atom. The van der Waals surface area contributed by atoms with Crippen LogP contribution in [-0.2, 0) is 12.6 Å². The predicted molar refractivity (Wildman–Crippen MR) is 67.5 cm³/mol. The van der Waals surface area contributed by atoms with E-state index in [-0.39, 0.29) is 5.69 Å². The van der Waals surface area contributed by atoms with E-state index in [4.69, 9.17) is 5.73 Å². The molecule has 2 heterocycles. The standard InChI is InChI=1S/C12H10F3N3OS/c13-12(14,15)8-2-4-17-5-7(8)11(19)9-6-20-10(18-9)1-3-16/h2,4-6H,1,3,16H2. The molecule has 2 rings (SSSR count). The van der Waals surface area contributed by atoms with Crippen molar-refractivity contribution in [2.24, 2.45) is 5.73 Å². The third-order valence-corrected chi connectivity index (χ3v) is 3.42. The molecule has 4 nitrogen and oxygen atoms in total. The maximum Gasteiger partial charge on any atom is 0.417 e. The van der Waals surface area contributed by atoms with E-state index in [0.717, 1.165) is 18.5 Å². The Bertz CT molecular complexity index is 624. The van der Waals surface area contributed by atoms with Crippen molar-refractivity contribution < 1.29 is 18.0 Å². The van der Waals surface area contributed by atoms with Gasteiger partial charge in [-0.15, -0.1) is 11.3 Å². The van der Waals surface area contributed by atoms with Gasteiger partial charge in [0.1, 0.15) is 5.69 Å². The zero-order valence-electron chi connectivity index (χ0n) is 10.1. The van der Waals surface area contributed by atoms with Crippen LogP contribution in [0.3, 0.4) is 0 Å². The normalized spacial score (nSPS) is 11.6. The molecule has 0 aliphatic carbocycles. The van der Waals surface area contributed by atoms with Gasteiger partial charge in [0.2, 0.25) is 5.78 Å². The number of hydrogen-bond acceptors (Lipinski definition) is 5. The quantitative estimate of drug-likeness (QED) is 0.880. The molecule has 0 saturated heterocycles. The van der Waals surface area contributed by atoms with Crippen molar-refractivity contribution in [3.8, 4) is 0 Å². The van der Waals surface area contributed by atoms with Crippen LogP contribution in [0, 0.1) is 0 Å². The van der Waals surface area contributed by atoms with Crippen LogP contribution in [0.4, 0.5) is 13.2 Å². The van der Waals surface area contributed by atoms with Crippen molar-refractivity contribution in [1.29, 1.82) is 0 Å². The van der Waals surface area contributed by atoms with Gasteiger partial charge in [-0.25, -0.2) is 4.98 Å². The highest BCUT2D eigenvalue weighted by Gasteiger charge is 2.35. The second kappa shape index (κ2) is 5.68. The summed E-state index contributed by atoms with van der Waals surface area (Å²) < 4.78 is 38.5. The molecule has 2 N–H and O–H groups in total. The second-order valence-corrected chi connectivity index (χ2v) is 4.86. The zero-order valence-corrected chi connectivity index (χ0v) is 11.0. The summed E-state index contributed by atoms with van der Waals surface area (Å²) in [6.45, 7) is 0.363. The maximum absolute atomic E-state index is 12.8. The highest BCUT2D eigenvalue weighted by molar-refractivity contribution is 7.09. The van der Waals surface area contributed by atoms with E-state index >= 15 is 0 Å². The van der Waals surface area contributed by atoms with Gasteiger partial charge < -0.3 is 5.73 Å². The Labute approximate surface area is 116 Å². The highest BCUT2D eigenvalue weighted by atomic mass is 32.1. The molecule has 0 atom stereocenters. The van der Waals surface area contributed by atoms with Crippen LogP contribution in [0.25, 0.3) is 0 Å². The Hall–Kier alpha value is -1.80. The first-order chi connectivity index (χ1) is 9.43. The van der Waals surface area contributed by atoms with Gasteiger partial charge in [0.05, 0.1) is 16.1 Å². The number of thiazole rings is 1. The van der Waals surface area contributed by atoms with Crippen LogP contribution >= 0.6 is 11.3 Å². The largest absolute Gasteiger partial charge is 0.417 e. The fourth-order valence-corrected chi connectivity index (χ4v) is 2.41. The topological polar surface area (TPSA) is 68.9 Å². The lowest BCUT2D eigenvalue weighted by atomic mass is 10.0.